The van der Waals surface area contributed by atoms with Gasteiger partial charge in [0.2, 0.25) is 5.78 Å². The van der Waals surface area contributed by atoms with Crippen LogP contribution in [0.1, 0.15) is 28.2 Å². The molecular formula is C18H20N4. The van der Waals surface area contributed by atoms with Gasteiger partial charge < -0.3 is 0 Å². The van der Waals surface area contributed by atoms with Crippen LogP contribution in [0.4, 0.5) is 0 Å². The Bertz CT molecular complexity index is 834. The van der Waals surface area contributed by atoms with E-state index in [1.54, 1.807) is 0 Å². The predicted octanol–water partition coefficient (Wildman–Crippen LogP) is 2.90. The van der Waals surface area contributed by atoms with Crippen LogP contribution in [0.15, 0.2) is 36.5 Å². The van der Waals surface area contributed by atoms with Crippen molar-refractivity contribution in [3.05, 3.63) is 64.7 Å². The summed E-state index contributed by atoms with van der Waals surface area (Å²) in [5, 5.41) is 0. The van der Waals surface area contributed by atoms with Gasteiger partial charge in [0, 0.05) is 37.2 Å². The summed E-state index contributed by atoms with van der Waals surface area (Å²) in [6.45, 7) is 7.11. The third-order valence-electron chi connectivity index (χ3n) is 4.41. The van der Waals surface area contributed by atoms with Gasteiger partial charge in [0.05, 0.1) is 5.69 Å². The summed E-state index contributed by atoms with van der Waals surface area (Å²) in [5.41, 5.74) is 6.24. The Morgan fingerprint density at radius 2 is 1.91 bits per heavy atom. The van der Waals surface area contributed by atoms with Crippen molar-refractivity contribution < 1.29 is 0 Å². The predicted molar refractivity (Wildman–Crippen MR) is 86.7 cm³/mol. The molecule has 0 N–H and O–H groups in total. The smallest absolute Gasteiger partial charge is 0.234 e. The highest BCUT2D eigenvalue weighted by atomic mass is 15.2. The highest BCUT2D eigenvalue weighted by Crippen LogP contribution is 2.20. The van der Waals surface area contributed by atoms with Gasteiger partial charge in [-0.3, -0.25) is 9.30 Å². The molecule has 1 aromatic carbocycles. The Morgan fingerprint density at radius 3 is 2.77 bits per heavy atom. The third kappa shape index (κ3) is 2.40. The quantitative estimate of drug-likeness (QED) is 0.728. The average Bonchev–Trinajstić information content (AvgIpc) is 2.90. The molecule has 4 heteroatoms. The normalized spacial score (nSPS) is 15.2. The zero-order valence-electron chi connectivity index (χ0n) is 13.1. The maximum absolute atomic E-state index is 4.69. The fourth-order valence-corrected chi connectivity index (χ4v) is 3.31. The molecule has 0 spiro atoms. The van der Waals surface area contributed by atoms with Gasteiger partial charge >= 0.3 is 0 Å². The van der Waals surface area contributed by atoms with Crippen LogP contribution in [0.3, 0.4) is 0 Å². The van der Waals surface area contributed by atoms with Gasteiger partial charge in [-0.05, 0) is 37.5 Å². The molecule has 3 aromatic rings. The summed E-state index contributed by atoms with van der Waals surface area (Å²) in [7, 11) is 0. The van der Waals surface area contributed by atoms with Gasteiger partial charge in [0.15, 0.2) is 0 Å². The number of hydrogen-bond donors (Lipinski definition) is 0. The first-order chi connectivity index (χ1) is 10.7. The van der Waals surface area contributed by atoms with Gasteiger partial charge in [0.1, 0.15) is 0 Å². The Hall–Kier alpha value is -2.20. The lowest BCUT2D eigenvalue weighted by Gasteiger charge is -2.27. The van der Waals surface area contributed by atoms with Crippen LogP contribution in [0.25, 0.3) is 5.78 Å². The molecule has 4 rings (SSSR count). The zero-order valence-corrected chi connectivity index (χ0v) is 13.1. The first kappa shape index (κ1) is 13.5. The number of hydrogen-bond acceptors (Lipinski definition) is 3. The van der Waals surface area contributed by atoms with Gasteiger partial charge in [-0.1, -0.05) is 24.3 Å². The van der Waals surface area contributed by atoms with Crippen molar-refractivity contribution in [2.75, 3.05) is 6.54 Å². The van der Waals surface area contributed by atoms with E-state index in [0.29, 0.717) is 0 Å². The van der Waals surface area contributed by atoms with E-state index >= 15 is 0 Å². The molecule has 0 amide bonds. The molecule has 0 fully saturated rings. The molecule has 0 aliphatic carbocycles. The van der Waals surface area contributed by atoms with Crippen LogP contribution in [0.2, 0.25) is 0 Å². The van der Waals surface area contributed by atoms with E-state index in [9.17, 15) is 0 Å². The molecule has 1 aliphatic heterocycles. The lowest BCUT2D eigenvalue weighted by molar-refractivity contribution is 0.243. The SMILES string of the molecule is Cc1cc(C)n2cc(CN3CCc4ccccc4C3)nc2n1. The second-order valence-electron chi connectivity index (χ2n) is 6.17. The molecule has 112 valence electrons. The summed E-state index contributed by atoms with van der Waals surface area (Å²) in [6, 6.07) is 10.8. The molecule has 0 unspecified atom stereocenters. The van der Waals surface area contributed by atoms with E-state index in [4.69, 9.17) is 4.98 Å². The second kappa shape index (κ2) is 5.21. The van der Waals surface area contributed by atoms with Crippen LogP contribution in [-0.2, 0) is 19.5 Å². The molecule has 0 atom stereocenters. The maximum atomic E-state index is 4.69. The lowest BCUT2D eigenvalue weighted by Crippen LogP contribution is -2.30. The fourth-order valence-electron chi connectivity index (χ4n) is 3.31. The van der Waals surface area contributed by atoms with E-state index in [2.05, 4.69) is 57.7 Å². The third-order valence-corrected chi connectivity index (χ3v) is 4.41. The van der Waals surface area contributed by atoms with Crippen molar-refractivity contribution in [2.24, 2.45) is 0 Å². The summed E-state index contributed by atoms with van der Waals surface area (Å²) in [6.07, 6.45) is 3.25. The molecule has 2 aromatic heterocycles. The molecule has 4 nitrogen and oxygen atoms in total. The van der Waals surface area contributed by atoms with Crippen molar-refractivity contribution in [1.29, 1.82) is 0 Å². The maximum Gasteiger partial charge on any atom is 0.234 e. The monoisotopic (exact) mass is 292 g/mol. The van der Waals surface area contributed by atoms with Crippen LogP contribution < -0.4 is 0 Å². The number of aromatic nitrogens is 3. The van der Waals surface area contributed by atoms with Crippen LogP contribution in [-0.4, -0.2) is 25.8 Å². The number of imidazole rings is 1. The van der Waals surface area contributed by atoms with Crippen LogP contribution in [0.5, 0.6) is 0 Å². The van der Waals surface area contributed by atoms with Gasteiger partial charge in [-0.25, -0.2) is 9.97 Å². The summed E-state index contributed by atoms with van der Waals surface area (Å²) in [5.74, 6) is 0.810. The number of benzene rings is 1. The number of fused-ring (bicyclic) bond motifs is 2. The molecule has 0 saturated heterocycles. The van der Waals surface area contributed by atoms with Crippen LogP contribution in [0, 0.1) is 13.8 Å². The minimum atomic E-state index is 0.810. The van der Waals surface area contributed by atoms with Crippen LogP contribution >= 0.6 is 0 Å². The van der Waals surface area contributed by atoms with Crippen molar-refractivity contribution in [1.82, 2.24) is 19.3 Å². The second-order valence-corrected chi connectivity index (χ2v) is 6.17. The standard InChI is InChI=1S/C18H20N4/c1-13-9-14(2)22-12-17(20-18(22)19-13)11-21-8-7-15-5-3-4-6-16(15)10-21/h3-6,9,12H,7-8,10-11H2,1-2H3. The van der Waals surface area contributed by atoms with Crippen molar-refractivity contribution in [2.45, 2.75) is 33.4 Å². The lowest BCUT2D eigenvalue weighted by atomic mass is 10.00. The zero-order chi connectivity index (χ0) is 15.1. The highest BCUT2D eigenvalue weighted by molar-refractivity contribution is 5.35. The number of nitrogens with zero attached hydrogens (tertiary/aromatic N) is 4. The Labute approximate surface area is 130 Å². The summed E-state index contributed by atoms with van der Waals surface area (Å²) in [4.78, 5) is 11.7. The number of aryl methyl sites for hydroxylation is 2. The van der Waals surface area contributed by atoms with E-state index in [0.717, 1.165) is 43.2 Å². The fraction of sp³-hybridized carbons (Fsp3) is 0.333. The average molecular weight is 292 g/mol. The van der Waals surface area contributed by atoms with Crippen molar-refractivity contribution in [3.63, 3.8) is 0 Å². The van der Waals surface area contributed by atoms with E-state index < -0.39 is 0 Å². The largest absolute Gasteiger partial charge is 0.293 e. The molecule has 1 aliphatic rings. The first-order valence-corrected chi connectivity index (χ1v) is 7.80. The molecule has 0 radical (unpaired) electrons. The van der Waals surface area contributed by atoms with E-state index in [1.807, 2.05) is 6.92 Å². The van der Waals surface area contributed by atoms with Crippen molar-refractivity contribution in [3.8, 4) is 0 Å². The number of rotatable bonds is 2. The van der Waals surface area contributed by atoms with Gasteiger partial charge in [-0.15, -0.1) is 0 Å². The molecule has 0 saturated carbocycles. The molecule has 3 heterocycles. The topological polar surface area (TPSA) is 33.4 Å². The summed E-state index contributed by atoms with van der Waals surface area (Å²) >= 11 is 0. The van der Waals surface area contributed by atoms with E-state index in [1.165, 1.54) is 16.8 Å². The minimum Gasteiger partial charge on any atom is -0.293 e. The van der Waals surface area contributed by atoms with E-state index in [-0.39, 0.29) is 0 Å². The van der Waals surface area contributed by atoms with Gasteiger partial charge in [0.25, 0.3) is 0 Å². The molecular weight excluding hydrogens is 272 g/mol. The summed E-state index contributed by atoms with van der Waals surface area (Å²) < 4.78 is 2.08. The Morgan fingerprint density at radius 1 is 1.09 bits per heavy atom. The van der Waals surface area contributed by atoms with Crippen molar-refractivity contribution >= 4 is 5.78 Å². The Balaban J connectivity index is 1.58. The van der Waals surface area contributed by atoms with Gasteiger partial charge in [-0.2, -0.15) is 0 Å². The molecule has 22 heavy (non-hydrogen) atoms. The first-order valence-electron chi connectivity index (χ1n) is 7.80. The highest BCUT2D eigenvalue weighted by Gasteiger charge is 2.17. The Kier molecular flexibility index (Phi) is 3.19. The molecule has 0 bridgehead atoms. The minimum absolute atomic E-state index is 0.810.